The lowest BCUT2D eigenvalue weighted by molar-refractivity contribution is 0.0467. The van der Waals surface area contributed by atoms with Crippen molar-refractivity contribution in [2.24, 2.45) is 0 Å². The number of esters is 1. The van der Waals surface area contributed by atoms with Crippen LogP contribution in [0.2, 0.25) is 0 Å². The van der Waals surface area contributed by atoms with E-state index in [0.29, 0.717) is 27.9 Å². The number of aromatic nitrogens is 1. The zero-order chi connectivity index (χ0) is 19.9. The van der Waals surface area contributed by atoms with Gasteiger partial charge in [0, 0.05) is 17.1 Å². The Hall–Kier alpha value is -3.26. The van der Waals surface area contributed by atoms with E-state index in [0.717, 1.165) is 11.4 Å². The number of nitrogens with one attached hydrogen (secondary N) is 1. The van der Waals surface area contributed by atoms with Crippen LogP contribution in [0.25, 0.3) is 0 Å². The van der Waals surface area contributed by atoms with Gasteiger partial charge in [0.15, 0.2) is 5.13 Å². The predicted molar refractivity (Wildman–Crippen MR) is 107 cm³/mol. The molecule has 8 heteroatoms. The normalized spacial score (nSPS) is 10.2. The summed E-state index contributed by atoms with van der Waals surface area (Å²) >= 11 is 1.43. The fourth-order valence-corrected chi connectivity index (χ4v) is 3.09. The van der Waals surface area contributed by atoms with Gasteiger partial charge in [-0.05, 0) is 36.4 Å². The molecule has 0 atom stereocenters. The Morgan fingerprint density at radius 3 is 2.21 bits per heavy atom. The van der Waals surface area contributed by atoms with Gasteiger partial charge in [-0.15, -0.1) is 11.3 Å². The van der Waals surface area contributed by atoms with Crippen molar-refractivity contribution in [3.05, 3.63) is 59.1 Å². The highest BCUT2D eigenvalue weighted by atomic mass is 32.1. The third kappa shape index (κ3) is 4.92. The van der Waals surface area contributed by atoms with Crippen molar-refractivity contribution in [1.82, 2.24) is 4.98 Å². The van der Waals surface area contributed by atoms with Gasteiger partial charge in [-0.1, -0.05) is 0 Å². The summed E-state index contributed by atoms with van der Waals surface area (Å²) in [5.41, 5.74) is 1.90. The fraction of sp³-hybridized carbons (Fsp3) is 0.200. The summed E-state index contributed by atoms with van der Waals surface area (Å²) in [5.74, 6) is 1.35. The minimum Gasteiger partial charge on any atom is -0.497 e. The first kappa shape index (κ1) is 19.5. The highest BCUT2D eigenvalue weighted by Gasteiger charge is 2.12. The van der Waals surface area contributed by atoms with Crippen molar-refractivity contribution in [3.63, 3.8) is 0 Å². The molecule has 0 saturated carbocycles. The van der Waals surface area contributed by atoms with Gasteiger partial charge in [-0.25, -0.2) is 9.78 Å². The number of carbonyl (C=O) groups is 1. The first-order valence-electron chi connectivity index (χ1n) is 8.37. The van der Waals surface area contributed by atoms with E-state index in [9.17, 15) is 4.79 Å². The van der Waals surface area contributed by atoms with Gasteiger partial charge in [0.1, 0.15) is 23.9 Å². The number of nitrogens with zero attached hydrogens (tertiary/aromatic N) is 1. The molecule has 3 aromatic rings. The quantitative estimate of drug-likeness (QED) is 0.566. The number of carbonyl (C=O) groups excluding carboxylic acids is 1. The smallest absolute Gasteiger partial charge is 0.338 e. The molecule has 0 fully saturated rings. The van der Waals surface area contributed by atoms with E-state index in [4.69, 9.17) is 18.9 Å². The van der Waals surface area contributed by atoms with Crippen molar-refractivity contribution < 1.29 is 23.7 Å². The Kier molecular flexibility index (Phi) is 6.33. The topological polar surface area (TPSA) is 78.9 Å². The standard InChI is InChI=1S/C20H20N2O5S/c1-24-16-6-4-14(5-7-16)21-20-22-15(12-28-20)11-27-19(23)13-8-17(25-2)10-18(9-13)26-3/h4-10,12H,11H2,1-3H3,(H,21,22). The van der Waals surface area contributed by atoms with Gasteiger partial charge in [-0.3, -0.25) is 0 Å². The molecule has 1 aromatic heterocycles. The van der Waals surface area contributed by atoms with E-state index < -0.39 is 5.97 Å². The highest BCUT2D eigenvalue weighted by Crippen LogP contribution is 2.25. The van der Waals surface area contributed by atoms with E-state index in [1.807, 2.05) is 29.6 Å². The Bertz CT molecular complexity index is 918. The Morgan fingerprint density at radius 1 is 0.964 bits per heavy atom. The first-order valence-corrected chi connectivity index (χ1v) is 9.25. The van der Waals surface area contributed by atoms with Gasteiger partial charge in [0.2, 0.25) is 0 Å². The molecule has 7 nitrogen and oxygen atoms in total. The minimum atomic E-state index is -0.477. The molecule has 1 heterocycles. The maximum Gasteiger partial charge on any atom is 0.338 e. The van der Waals surface area contributed by atoms with Gasteiger partial charge in [0.25, 0.3) is 0 Å². The Labute approximate surface area is 166 Å². The summed E-state index contributed by atoms with van der Waals surface area (Å²) in [6.07, 6.45) is 0. The van der Waals surface area contributed by atoms with Crippen LogP contribution < -0.4 is 19.5 Å². The molecule has 0 aliphatic rings. The van der Waals surface area contributed by atoms with Crippen LogP contribution in [-0.4, -0.2) is 32.3 Å². The van der Waals surface area contributed by atoms with Crippen LogP contribution in [-0.2, 0) is 11.3 Å². The molecule has 0 radical (unpaired) electrons. The summed E-state index contributed by atoms with van der Waals surface area (Å²) in [5, 5.41) is 5.75. The van der Waals surface area contributed by atoms with E-state index in [1.165, 1.54) is 25.6 Å². The molecule has 0 aliphatic carbocycles. The first-order chi connectivity index (χ1) is 13.6. The van der Waals surface area contributed by atoms with Crippen molar-refractivity contribution in [2.75, 3.05) is 26.6 Å². The molecule has 0 saturated heterocycles. The van der Waals surface area contributed by atoms with Crippen LogP contribution in [0, 0.1) is 0 Å². The molecule has 0 spiro atoms. The number of anilines is 2. The lowest BCUT2D eigenvalue weighted by Crippen LogP contribution is -2.06. The number of hydrogen-bond donors (Lipinski definition) is 1. The molecular weight excluding hydrogens is 380 g/mol. The van der Waals surface area contributed by atoms with E-state index >= 15 is 0 Å². The number of ether oxygens (including phenoxy) is 4. The summed E-state index contributed by atoms with van der Waals surface area (Å²) in [7, 11) is 4.67. The zero-order valence-corrected chi connectivity index (χ0v) is 16.5. The van der Waals surface area contributed by atoms with Gasteiger partial charge >= 0.3 is 5.97 Å². The molecule has 146 valence electrons. The molecule has 1 N–H and O–H groups in total. The molecule has 0 aliphatic heterocycles. The lowest BCUT2D eigenvalue weighted by atomic mass is 10.2. The van der Waals surface area contributed by atoms with Gasteiger partial charge in [-0.2, -0.15) is 0 Å². The molecule has 28 heavy (non-hydrogen) atoms. The fourth-order valence-electron chi connectivity index (χ4n) is 2.38. The largest absolute Gasteiger partial charge is 0.497 e. The van der Waals surface area contributed by atoms with Crippen LogP contribution in [0.1, 0.15) is 16.1 Å². The molecular formula is C20H20N2O5S. The second-order valence-corrected chi connectivity index (χ2v) is 6.53. The average Bonchev–Trinajstić information content (AvgIpc) is 3.19. The summed E-state index contributed by atoms with van der Waals surface area (Å²) in [6, 6.07) is 12.4. The van der Waals surface area contributed by atoms with Crippen LogP contribution in [0.5, 0.6) is 17.2 Å². The molecule has 0 unspecified atom stereocenters. The van der Waals surface area contributed by atoms with Crippen LogP contribution in [0.4, 0.5) is 10.8 Å². The SMILES string of the molecule is COc1ccc(Nc2nc(COC(=O)c3cc(OC)cc(OC)c3)cs2)cc1. The molecule has 0 amide bonds. The van der Waals surface area contributed by atoms with Gasteiger partial charge in [0.05, 0.1) is 32.6 Å². The second-order valence-electron chi connectivity index (χ2n) is 5.67. The van der Waals surface area contributed by atoms with E-state index in [1.54, 1.807) is 25.3 Å². The van der Waals surface area contributed by atoms with Crippen molar-refractivity contribution in [3.8, 4) is 17.2 Å². The lowest BCUT2D eigenvalue weighted by Gasteiger charge is -2.08. The second kappa shape index (κ2) is 9.09. The van der Waals surface area contributed by atoms with Crippen LogP contribution in [0.3, 0.4) is 0 Å². The minimum absolute atomic E-state index is 0.0686. The third-order valence-electron chi connectivity index (χ3n) is 3.83. The number of benzene rings is 2. The monoisotopic (exact) mass is 400 g/mol. The maximum atomic E-state index is 12.3. The number of thiazole rings is 1. The van der Waals surface area contributed by atoms with Crippen molar-refractivity contribution in [2.45, 2.75) is 6.61 Å². The molecule has 3 rings (SSSR count). The van der Waals surface area contributed by atoms with E-state index in [2.05, 4.69) is 10.3 Å². The average molecular weight is 400 g/mol. The van der Waals surface area contributed by atoms with E-state index in [-0.39, 0.29) is 6.61 Å². The maximum absolute atomic E-state index is 12.3. The third-order valence-corrected chi connectivity index (χ3v) is 4.64. The van der Waals surface area contributed by atoms with Gasteiger partial charge < -0.3 is 24.3 Å². The zero-order valence-electron chi connectivity index (χ0n) is 15.7. The number of rotatable bonds is 8. The summed E-state index contributed by atoms with van der Waals surface area (Å²) in [4.78, 5) is 16.8. The molecule has 0 bridgehead atoms. The molecule has 2 aromatic carbocycles. The Morgan fingerprint density at radius 2 is 1.61 bits per heavy atom. The summed E-state index contributed by atoms with van der Waals surface area (Å²) in [6.45, 7) is 0.0686. The summed E-state index contributed by atoms with van der Waals surface area (Å²) < 4.78 is 20.8. The predicted octanol–water partition coefficient (Wildman–Crippen LogP) is 4.27. The van der Waals surface area contributed by atoms with Crippen LogP contribution in [0.15, 0.2) is 47.8 Å². The van der Waals surface area contributed by atoms with Crippen molar-refractivity contribution >= 4 is 28.1 Å². The number of hydrogen-bond acceptors (Lipinski definition) is 8. The van der Waals surface area contributed by atoms with Crippen LogP contribution >= 0.6 is 11.3 Å². The number of methoxy groups -OCH3 is 3. The highest BCUT2D eigenvalue weighted by molar-refractivity contribution is 7.13. The van der Waals surface area contributed by atoms with Crippen molar-refractivity contribution in [1.29, 1.82) is 0 Å². The Balaban J connectivity index is 1.60.